The summed E-state index contributed by atoms with van der Waals surface area (Å²) in [5, 5.41) is -0.112. The van der Waals surface area contributed by atoms with E-state index >= 15 is 0 Å². The lowest BCUT2D eigenvalue weighted by molar-refractivity contribution is -0.0956. The number of likely N-dealkylation sites (tertiary alicyclic amines) is 1. The van der Waals surface area contributed by atoms with Gasteiger partial charge in [0, 0.05) is 31.5 Å². The van der Waals surface area contributed by atoms with E-state index in [4.69, 9.17) is 9.47 Å². The second kappa shape index (κ2) is 6.64. The first-order valence-electron chi connectivity index (χ1n) is 8.65. The first-order valence-corrected chi connectivity index (χ1v) is 10.5. The summed E-state index contributed by atoms with van der Waals surface area (Å²) in [6.07, 6.45) is 4.12. The number of nitrogens with zero attached hydrogens (tertiary/aromatic N) is 3. The number of rotatable bonds is 3. The molecule has 1 amide bonds. The van der Waals surface area contributed by atoms with Gasteiger partial charge in [0.1, 0.15) is 0 Å². The lowest BCUT2D eigenvalue weighted by atomic mass is 9.96. The van der Waals surface area contributed by atoms with Gasteiger partial charge in [-0.05, 0) is 25.0 Å². The SMILES string of the molecule is CS(=O)(=O)c1nc(C(=O)N2CCC(C3OCCO3)CC2)c2ccccn12. The Kier molecular flexibility index (Phi) is 4.45. The molecule has 0 N–H and O–H groups in total. The summed E-state index contributed by atoms with van der Waals surface area (Å²) in [4.78, 5) is 18.9. The van der Waals surface area contributed by atoms with Gasteiger partial charge in [0.25, 0.3) is 5.91 Å². The van der Waals surface area contributed by atoms with Crippen molar-refractivity contribution >= 4 is 21.3 Å². The molecule has 0 spiro atoms. The molecule has 0 aliphatic carbocycles. The minimum atomic E-state index is -3.54. The molecular formula is C17H21N3O5S. The Morgan fingerprint density at radius 1 is 1.19 bits per heavy atom. The molecule has 26 heavy (non-hydrogen) atoms. The van der Waals surface area contributed by atoms with Crippen molar-refractivity contribution in [3.63, 3.8) is 0 Å². The van der Waals surface area contributed by atoms with Crippen LogP contribution in [-0.2, 0) is 19.3 Å². The molecule has 2 aliphatic heterocycles. The standard InChI is InChI=1S/C17H21N3O5S/c1-26(22,23)17-18-14(13-4-2-3-7-20(13)17)15(21)19-8-5-12(6-9-19)16-24-10-11-25-16/h2-4,7,12,16H,5-6,8-11H2,1H3. The number of pyridine rings is 1. The lowest BCUT2D eigenvalue weighted by Gasteiger charge is -2.33. The van der Waals surface area contributed by atoms with Gasteiger partial charge in [-0.3, -0.25) is 9.20 Å². The Morgan fingerprint density at radius 2 is 1.88 bits per heavy atom. The number of hydrogen-bond acceptors (Lipinski definition) is 6. The molecule has 0 saturated carbocycles. The van der Waals surface area contributed by atoms with Crippen LogP contribution in [0, 0.1) is 5.92 Å². The number of carbonyl (C=O) groups excluding carboxylic acids is 1. The number of ether oxygens (including phenoxy) is 2. The summed E-state index contributed by atoms with van der Waals surface area (Å²) >= 11 is 0. The number of carbonyl (C=O) groups is 1. The summed E-state index contributed by atoms with van der Waals surface area (Å²) in [7, 11) is -3.54. The summed E-state index contributed by atoms with van der Waals surface area (Å²) in [6, 6.07) is 5.19. The number of sulfone groups is 1. The van der Waals surface area contributed by atoms with E-state index in [1.165, 1.54) is 4.40 Å². The van der Waals surface area contributed by atoms with E-state index in [9.17, 15) is 13.2 Å². The van der Waals surface area contributed by atoms with E-state index in [1.807, 2.05) is 0 Å². The van der Waals surface area contributed by atoms with Crippen LogP contribution in [0.1, 0.15) is 23.3 Å². The smallest absolute Gasteiger partial charge is 0.274 e. The average Bonchev–Trinajstić information content (AvgIpc) is 3.29. The zero-order chi connectivity index (χ0) is 18.3. The van der Waals surface area contributed by atoms with Crippen molar-refractivity contribution < 1.29 is 22.7 Å². The third-order valence-electron chi connectivity index (χ3n) is 4.91. The number of amides is 1. The van der Waals surface area contributed by atoms with Crippen molar-refractivity contribution in [2.75, 3.05) is 32.6 Å². The van der Waals surface area contributed by atoms with Crippen molar-refractivity contribution in [2.45, 2.75) is 24.3 Å². The van der Waals surface area contributed by atoms with Gasteiger partial charge < -0.3 is 14.4 Å². The van der Waals surface area contributed by atoms with Gasteiger partial charge in [0.05, 0.1) is 18.7 Å². The van der Waals surface area contributed by atoms with E-state index in [0.29, 0.717) is 31.8 Å². The van der Waals surface area contributed by atoms with Crippen LogP contribution in [0.2, 0.25) is 0 Å². The van der Waals surface area contributed by atoms with Crippen LogP contribution in [0.15, 0.2) is 29.6 Å². The maximum absolute atomic E-state index is 13.0. The van der Waals surface area contributed by atoms with Gasteiger partial charge in [0.15, 0.2) is 12.0 Å². The van der Waals surface area contributed by atoms with Crippen molar-refractivity contribution in [3.8, 4) is 0 Å². The highest BCUT2D eigenvalue weighted by atomic mass is 32.2. The molecular weight excluding hydrogens is 358 g/mol. The molecule has 0 aromatic carbocycles. The fourth-order valence-corrected chi connectivity index (χ4v) is 4.38. The largest absolute Gasteiger partial charge is 0.350 e. The molecule has 0 atom stereocenters. The monoisotopic (exact) mass is 379 g/mol. The van der Waals surface area contributed by atoms with Crippen LogP contribution in [0.5, 0.6) is 0 Å². The summed E-state index contributed by atoms with van der Waals surface area (Å²) in [6.45, 7) is 2.40. The molecule has 2 aromatic heterocycles. The van der Waals surface area contributed by atoms with Gasteiger partial charge in [-0.15, -0.1) is 0 Å². The van der Waals surface area contributed by atoms with Gasteiger partial charge in [-0.1, -0.05) is 6.07 Å². The Labute approximate surface area is 151 Å². The van der Waals surface area contributed by atoms with Gasteiger partial charge in [-0.2, -0.15) is 0 Å². The van der Waals surface area contributed by atoms with Crippen molar-refractivity contribution in [3.05, 3.63) is 30.1 Å². The predicted molar refractivity (Wildman–Crippen MR) is 92.6 cm³/mol. The van der Waals surface area contributed by atoms with E-state index < -0.39 is 9.84 Å². The quantitative estimate of drug-likeness (QED) is 0.789. The van der Waals surface area contributed by atoms with Crippen LogP contribution < -0.4 is 0 Å². The number of hydrogen-bond donors (Lipinski definition) is 0. The number of aromatic nitrogens is 2. The highest BCUT2D eigenvalue weighted by Gasteiger charge is 2.33. The van der Waals surface area contributed by atoms with Crippen molar-refractivity contribution in [2.24, 2.45) is 5.92 Å². The molecule has 4 heterocycles. The molecule has 4 rings (SSSR count). The van der Waals surface area contributed by atoms with Crippen LogP contribution in [0.4, 0.5) is 0 Å². The van der Waals surface area contributed by atoms with Crippen LogP contribution in [-0.4, -0.2) is 67.5 Å². The third-order valence-corrected chi connectivity index (χ3v) is 5.86. The highest BCUT2D eigenvalue weighted by Crippen LogP contribution is 2.27. The van der Waals surface area contributed by atoms with Crippen molar-refractivity contribution in [1.82, 2.24) is 14.3 Å². The average molecular weight is 379 g/mol. The molecule has 0 unspecified atom stereocenters. The Morgan fingerprint density at radius 3 is 2.54 bits per heavy atom. The lowest BCUT2D eigenvalue weighted by Crippen LogP contribution is -2.41. The molecule has 0 radical (unpaired) electrons. The maximum Gasteiger partial charge on any atom is 0.274 e. The van der Waals surface area contributed by atoms with Crippen LogP contribution in [0.3, 0.4) is 0 Å². The third kappa shape index (κ3) is 3.10. The summed E-state index contributed by atoms with van der Waals surface area (Å²) in [5.41, 5.74) is 0.681. The number of piperidine rings is 1. The fourth-order valence-electron chi connectivity index (χ4n) is 3.60. The van der Waals surface area contributed by atoms with E-state index in [0.717, 1.165) is 19.1 Å². The van der Waals surface area contributed by atoms with Crippen LogP contribution >= 0.6 is 0 Å². The molecule has 8 nitrogen and oxygen atoms in total. The Balaban J connectivity index is 1.57. The first-order chi connectivity index (χ1) is 12.4. The fraction of sp³-hybridized carbons (Fsp3) is 0.529. The Bertz CT molecular complexity index is 925. The number of imidazole rings is 1. The maximum atomic E-state index is 13.0. The molecule has 2 saturated heterocycles. The predicted octanol–water partition coefficient (Wildman–Crippen LogP) is 0.963. The molecule has 0 bridgehead atoms. The van der Waals surface area contributed by atoms with E-state index in [-0.39, 0.29) is 29.0 Å². The topological polar surface area (TPSA) is 90.2 Å². The highest BCUT2D eigenvalue weighted by molar-refractivity contribution is 7.90. The molecule has 140 valence electrons. The van der Waals surface area contributed by atoms with Gasteiger partial charge >= 0.3 is 0 Å². The van der Waals surface area contributed by atoms with Gasteiger partial charge in [0.2, 0.25) is 15.0 Å². The molecule has 9 heteroatoms. The minimum absolute atomic E-state index is 0.112. The second-order valence-corrected chi connectivity index (χ2v) is 8.62. The first kappa shape index (κ1) is 17.4. The molecule has 2 aromatic rings. The zero-order valence-corrected chi connectivity index (χ0v) is 15.3. The second-order valence-electron chi connectivity index (χ2n) is 6.71. The van der Waals surface area contributed by atoms with Crippen LogP contribution in [0.25, 0.3) is 5.52 Å². The van der Waals surface area contributed by atoms with Gasteiger partial charge in [-0.25, -0.2) is 13.4 Å². The Hall–Kier alpha value is -1.97. The van der Waals surface area contributed by atoms with E-state index in [1.54, 1.807) is 29.3 Å². The van der Waals surface area contributed by atoms with Crippen molar-refractivity contribution in [1.29, 1.82) is 0 Å². The normalized spacial score (nSPS) is 20.1. The molecule has 2 aliphatic rings. The summed E-state index contributed by atoms with van der Waals surface area (Å²) in [5.74, 6) is 0.0437. The zero-order valence-electron chi connectivity index (χ0n) is 14.5. The number of fused-ring (bicyclic) bond motifs is 1. The minimum Gasteiger partial charge on any atom is -0.350 e. The van der Waals surface area contributed by atoms with E-state index in [2.05, 4.69) is 4.98 Å². The molecule has 2 fully saturated rings. The summed E-state index contributed by atoms with van der Waals surface area (Å²) < 4.78 is 36.6.